The Hall–Kier alpha value is -2.37. The molecule has 1 heterocycles. The lowest BCUT2D eigenvalue weighted by atomic mass is 10.2. The molecule has 2 aromatic rings. The normalized spacial score (nSPS) is 8.45. The summed E-state index contributed by atoms with van der Waals surface area (Å²) >= 11 is 0. The predicted molar refractivity (Wildman–Crippen MR) is 76.2 cm³/mol. The third-order valence-corrected chi connectivity index (χ3v) is 2.05. The molecule has 0 fully saturated rings. The van der Waals surface area contributed by atoms with Crippen LogP contribution in [0.5, 0.6) is 6.01 Å². The number of methoxy groups -OCH3 is 1. The van der Waals surface area contributed by atoms with E-state index in [2.05, 4.69) is 15.1 Å². The van der Waals surface area contributed by atoms with Crippen LogP contribution in [0.15, 0.2) is 41.8 Å². The molecule has 0 radical (unpaired) electrons. The Morgan fingerprint density at radius 1 is 1.20 bits per heavy atom. The summed E-state index contributed by atoms with van der Waals surface area (Å²) in [5.41, 5.74) is 1.68. The van der Waals surface area contributed by atoms with Gasteiger partial charge < -0.3 is 4.74 Å². The van der Waals surface area contributed by atoms with Gasteiger partial charge in [0.05, 0.1) is 14.2 Å². The lowest BCUT2D eigenvalue weighted by Crippen LogP contribution is -1.87. The van der Waals surface area contributed by atoms with Crippen molar-refractivity contribution in [2.45, 2.75) is 13.8 Å². The molecule has 20 heavy (non-hydrogen) atoms. The molecule has 0 aliphatic carbocycles. The summed E-state index contributed by atoms with van der Waals surface area (Å²) in [7, 11) is 2.73. The van der Waals surface area contributed by atoms with Crippen molar-refractivity contribution in [3.05, 3.63) is 58.5 Å². The van der Waals surface area contributed by atoms with Crippen molar-refractivity contribution in [2.75, 3.05) is 14.2 Å². The molecule has 0 saturated heterocycles. The van der Waals surface area contributed by atoms with Crippen molar-refractivity contribution in [3.63, 3.8) is 0 Å². The first-order valence-corrected chi connectivity index (χ1v) is 5.80. The number of aromatic nitrogens is 2. The quantitative estimate of drug-likeness (QED) is 0.751. The van der Waals surface area contributed by atoms with Gasteiger partial charge in [-0.15, -0.1) is 0 Å². The molecule has 5 nitrogen and oxygen atoms in total. The van der Waals surface area contributed by atoms with Crippen molar-refractivity contribution in [1.82, 2.24) is 9.97 Å². The summed E-state index contributed by atoms with van der Waals surface area (Å²) < 4.78 is 17.3. The molecule has 0 aliphatic rings. The largest absolute Gasteiger partial charge is 0.467 e. The van der Waals surface area contributed by atoms with E-state index in [0.717, 1.165) is 5.56 Å². The van der Waals surface area contributed by atoms with E-state index in [1.165, 1.54) is 20.2 Å². The number of hydrogen-bond acceptors (Lipinski definition) is 5. The fraction of sp³-hybridized carbons (Fsp3) is 0.286. The average molecular weight is 279 g/mol. The van der Waals surface area contributed by atoms with Gasteiger partial charge in [0.15, 0.2) is 0 Å². The Labute approximate surface area is 117 Å². The molecule has 0 bridgehead atoms. The molecule has 0 amide bonds. The van der Waals surface area contributed by atoms with Crippen molar-refractivity contribution >= 4 is 0 Å². The number of hydrogen-bond donors (Lipinski definition) is 0. The highest BCUT2D eigenvalue weighted by atomic mass is 19.1. The van der Waals surface area contributed by atoms with Gasteiger partial charge in [-0.3, -0.25) is 0 Å². The zero-order valence-corrected chi connectivity index (χ0v) is 12.0. The standard InChI is InChI=1S/C8H9F.C5H6N2O.CH3NO/c1-6-3-4-7(2)8(9)5-6;1-8-5-6-3-2-4-7-5;1-2-3/h3-5H,1-2H3;2-4H,1H3;1H3. The number of nitroso groups, excluding NO2 is 1. The highest BCUT2D eigenvalue weighted by Crippen LogP contribution is 2.06. The Kier molecular flexibility index (Phi) is 9.29. The van der Waals surface area contributed by atoms with Gasteiger partial charge in [0.2, 0.25) is 0 Å². The summed E-state index contributed by atoms with van der Waals surface area (Å²) in [4.78, 5) is 16.1. The van der Waals surface area contributed by atoms with Crippen LogP contribution in [-0.4, -0.2) is 24.1 Å². The maximum Gasteiger partial charge on any atom is 0.315 e. The van der Waals surface area contributed by atoms with E-state index in [-0.39, 0.29) is 5.82 Å². The van der Waals surface area contributed by atoms with E-state index in [4.69, 9.17) is 9.64 Å². The summed E-state index contributed by atoms with van der Waals surface area (Å²) in [5.74, 6) is -0.116. The van der Waals surface area contributed by atoms with E-state index in [1.807, 2.05) is 13.0 Å². The van der Waals surface area contributed by atoms with Crippen LogP contribution in [-0.2, 0) is 0 Å². The molecular formula is C14H18FN3O2. The Morgan fingerprint density at radius 3 is 2.10 bits per heavy atom. The highest BCUT2D eigenvalue weighted by Gasteiger charge is 1.93. The van der Waals surface area contributed by atoms with E-state index in [1.54, 1.807) is 31.5 Å². The molecule has 0 unspecified atom stereocenters. The van der Waals surface area contributed by atoms with Gasteiger partial charge in [-0.1, -0.05) is 17.3 Å². The lowest BCUT2D eigenvalue weighted by Gasteiger charge is -1.94. The van der Waals surface area contributed by atoms with Gasteiger partial charge in [-0.05, 0) is 37.1 Å². The smallest absolute Gasteiger partial charge is 0.315 e. The van der Waals surface area contributed by atoms with Gasteiger partial charge in [0, 0.05) is 12.4 Å². The second-order valence-corrected chi connectivity index (χ2v) is 3.67. The maximum absolute atomic E-state index is 12.6. The molecule has 0 saturated carbocycles. The molecule has 0 aliphatic heterocycles. The van der Waals surface area contributed by atoms with Crippen molar-refractivity contribution in [1.29, 1.82) is 0 Å². The van der Waals surface area contributed by atoms with Crippen LogP contribution in [0.4, 0.5) is 4.39 Å². The third kappa shape index (κ3) is 7.86. The Morgan fingerprint density at radius 2 is 1.75 bits per heavy atom. The Bertz CT molecular complexity index is 507. The van der Waals surface area contributed by atoms with E-state index in [0.29, 0.717) is 11.6 Å². The minimum atomic E-state index is -0.116. The first-order valence-electron chi connectivity index (χ1n) is 5.80. The van der Waals surface area contributed by atoms with Crippen LogP contribution in [0.2, 0.25) is 0 Å². The molecule has 1 aromatic heterocycles. The number of rotatable bonds is 1. The molecule has 108 valence electrons. The van der Waals surface area contributed by atoms with Crippen LogP contribution >= 0.6 is 0 Å². The van der Waals surface area contributed by atoms with Gasteiger partial charge in [-0.2, -0.15) is 4.91 Å². The fourth-order valence-electron chi connectivity index (χ4n) is 1.09. The first-order chi connectivity index (χ1) is 9.54. The molecule has 0 spiro atoms. The maximum atomic E-state index is 12.6. The zero-order valence-electron chi connectivity index (χ0n) is 12.0. The van der Waals surface area contributed by atoms with Crippen LogP contribution in [0.1, 0.15) is 11.1 Å². The number of benzene rings is 1. The van der Waals surface area contributed by atoms with Gasteiger partial charge in [0.25, 0.3) is 0 Å². The summed E-state index contributed by atoms with van der Waals surface area (Å²) in [6, 6.07) is 7.37. The summed E-state index contributed by atoms with van der Waals surface area (Å²) in [5, 5.41) is 2.25. The number of nitrogens with zero attached hydrogens (tertiary/aromatic N) is 3. The number of aryl methyl sites for hydroxylation is 2. The second-order valence-electron chi connectivity index (χ2n) is 3.67. The topological polar surface area (TPSA) is 64.4 Å². The van der Waals surface area contributed by atoms with E-state index in [9.17, 15) is 4.39 Å². The molecule has 1 aromatic carbocycles. The molecule has 0 atom stereocenters. The Balaban J connectivity index is 0.000000304. The minimum absolute atomic E-state index is 0.116. The monoisotopic (exact) mass is 279 g/mol. The molecule has 6 heteroatoms. The van der Waals surface area contributed by atoms with Crippen molar-refractivity contribution < 1.29 is 9.13 Å². The average Bonchev–Trinajstić information content (AvgIpc) is 2.46. The number of ether oxygens (including phenoxy) is 1. The summed E-state index contributed by atoms with van der Waals surface area (Å²) in [6.07, 6.45) is 3.26. The van der Waals surface area contributed by atoms with Crippen molar-refractivity contribution in [2.24, 2.45) is 5.18 Å². The number of halogens is 1. The van der Waals surface area contributed by atoms with Gasteiger partial charge in [-0.25, -0.2) is 14.4 Å². The van der Waals surface area contributed by atoms with E-state index < -0.39 is 0 Å². The van der Waals surface area contributed by atoms with Crippen molar-refractivity contribution in [3.8, 4) is 6.01 Å². The summed E-state index contributed by atoms with van der Waals surface area (Å²) in [6.45, 7) is 3.64. The van der Waals surface area contributed by atoms with Crippen LogP contribution in [0.3, 0.4) is 0 Å². The van der Waals surface area contributed by atoms with Gasteiger partial charge >= 0.3 is 6.01 Å². The second kappa shape index (κ2) is 10.5. The fourth-order valence-corrected chi connectivity index (χ4v) is 1.09. The highest BCUT2D eigenvalue weighted by molar-refractivity contribution is 5.21. The molecule has 2 rings (SSSR count). The SMILES string of the molecule is CN=O.COc1ncccn1.Cc1ccc(C)c(F)c1. The molecule has 0 N–H and O–H groups in total. The molecular weight excluding hydrogens is 261 g/mol. The van der Waals surface area contributed by atoms with Crippen LogP contribution < -0.4 is 4.74 Å². The first kappa shape index (κ1) is 17.6. The van der Waals surface area contributed by atoms with E-state index >= 15 is 0 Å². The third-order valence-electron chi connectivity index (χ3n) is 2.05. The predicted octanol–water partition coefficient (Wildman–Crippen LogP) is 3.31. The minimum Gasteiger partial charge on any atom is -0.467 e. The van der Waals surface area contributed by atoms with Crippen LogP contribution in [0, 0.1) is 24.6 Å². The lowest BCUT2D eigenvalue weighted by molar-refractivity contribution is 0.379. The van der Waals surface area contributed by atoms with Crippen LogP contribution in [0.25, 0.3) is 0 Å². The zero-order chi connectivity index (χ0) is 15.4. The van der Waals surface area contributed by atoms with Gasteiger partial charge in [0.1, 0.15) is 5.82 Å².